The number of nitrogens with zero attached hydrogens (tertiary/aromatic N) is 4. The van der Waals surface area contributed by atoms with E-state index < -0.39 is 0 Å². The van der Waals surface area contributed by atoms with Crippen LogP contribution in [0.4, 0.5) is 5.69 Å². The van der Waals surface area contributed by atoms with Crippen LogP contribution in [0.15, 0.2) is 47.4 Å². The van der Waals surface area contributed by atoms with Gasteiger partial charge in [-0.25, -0.2) is 0 Å². The van der Waals surface area contributed by atoms with Gasteiger partial charge in [-0.3, -0.25) is 14.3 Å². The maximum Gasteiger partial charge on any atom is 0.300 e. The molecule has 2 aromatic rings. The minimum absolute atomic E-state index is 0.0765. The van der Waals surface area contributed by atoms with E-state index in [2.05, 4.69) is 39.0 Å². The topological polar surface area (TPSA) is 50.6 Å². The first-order valence-corrected chi connectivity index (χ1v) is 8.04. The Kier molecular flexibility index (Phi) is 3.75. The Labute approximate surface area is 134 Å². The Morgan fingerprint density at radius 3 is 2.65 bits per heavy atom. The molecule has 3 heterocycles. The highest BCUT2D eigenvalue weighted by Gasteiger charge is 2.27. The lowest BCUT2D eigenvalue weighted by atomic mass is 10.2. The van der Waals surface area contributed by atoms with E-state index in [0.29, 0.717) is 6.01 Å². The number of rotatable bonds is 3. The number of anilines is 1. The summed E-state index contributed by atoms with van der Waals surface area (Å²) in [5.74, 6) is 0. The molecule has 0 N–H and O–H groups in total. The smallest absolute Gasteiger partial charge is 0.300 e. The first-order chi connectivity index (χ1) is 11.3. The molecular formula is C17H20N4O2. The fourth-order valence-corrected chi connectivity index (χ4v) is 3.26. The first-order valence-electron chi connectivity index (χ1n) is 8.04. The SMILES string of the molecule is O=c1ccn2c(n1)OC(CN1CCN(c3ccccc3)CC1)C2. The quantitative estimate of drug-likeness (QED) is 0.840. The van der Waals surface area contributed by atoms with E-state index in [1.54, 1.807) is 6.20 Å². The largest absolute Gasteiger partial charge is 0.458 e. The molecule has 0 saturated carbocycles. The van der Waals surface area contributed by atoms with Crippen molar-refractivity contribution < 1.29 is 4.74 Å². The van der Waals surface area contributed by atoms with Crippen molar-refractivity contribution in [3.8, 4) is 6.01 Å². The van der Waals surface area contributed by atoms with Gasteiger partial charge in [-0.05, 0) is 12.1 Å². The Morgan fingerprint density at radius 1 is 1.09 bits per heavy atom. The van der Waals surface area contributed by atoms with Crippen molar-refractivity contribution in [2.75, 3.05) is 37.6 Å². The average Bonchev–Trinajstić information content (AvgIpc) is 2.97. The van der Waals surface area contributed by atoms with Gasteiger partial charge < -0.3 is 9.64 Å². The summed E-state index contributed by atoms with van der Waals surface area (Å²) in [6.45, 7) is 5.74. The van der Waals surface area contributed by atoms with E-state index >= 15 is 0 Å². The lowest BCUT2D eigenvalue weighted by molar-refractivity contribution is 0.141. The van der Waals surface area contributed by atoms with Crippen LogP contribution in [0.25, 0.3) is 0 Å². The summed E-state index contributed by atoms with van der Waals surface area (Å²) in [5.41, 5.74) is 1.05. The van der Waals surface area contributed by atoms with Crippen LogP contribution in [0.5, 0.6) is 6.01 Å². The molecule has 120 valence electrons. The number of ether oxygens (including phenoxy) is 1. The average molecular weight is 312 g/mol. The van der Waals surface area contributed by atoms with Gasteiger partial charge in [-0.2, -0.15) is 4.98 Å². The Morgan fingerprint density at radius 2 is 1.87 bits per heavy atom. The van der Waals surface area contributed by atoms with Gasteiger partial charge in [0.1, 0.15) is 6.10 Å². The van der Waals surface area contributed by atoms with Gasteiger partial charge in [0, 0.05) is 50.7 Å². The Bertz CT molecular complexity index is 723. The fraction of sp³-hybridized carbons (Fsp3) is 0.412. The summed E-state index contributed by atoms with van der Waals surface area (Å²) in [6, 6.07) is 12.5. The Hall–Kier alpha value is -2.34. The number of hydrogen-bond acceptors (Lipinski definition) is 5. The molecule has 1 aromatic carbocycles. The fourth-order valence-electron chi connectivity index (χ4n) is 3.26. The van der Waals surface area contributed by atoms with Crippen LogP contribution >= 0.6 is 0 Å². The summed E-state index contributed by atoms with van der Waals surface area (Å²) >= 11 is 0. The van der Waals surface area contributed by atoms with Crippen molar-refractivity contribution in [3.63, 3.8) is 0 Å². The van der Waals surface area contributed by atoms with E-state index in [-0.39, 0.29) is 11.7 Å². The molecule has 6 nitrogen and oxygen atoms in total. The molecule has 2 aliphatic rings. The second-order valence-corrected chi connectivity index (χ2v) is 6.06. The molecule has 0 amide bonds. The minimum atomic E-state index is -0.242. The van der Waals surface area contributed by atoms with Crippen molar-refractivity contribution in [2.24, 2.45) is 0 Å². The van der Waals surface area contributed by atoms with E-state index in [9.17, 15) is 4.79 Å². The number of hydrogen-bond donors (Lipinski definition) is 0. The highest BCUT2D eigenvalue weighted by atomic mass is 16.5. The molecule has 0 spiro atoms. The third-order valence-electron chi connectivity index (χ3n) is 4.48. The minimum Gasteiger partial charge on any atom is -0.458 e. The number of piperazine rings is 1. The van der Waals surface area contributed by atoms with E-state index in [4.69, 9.17) is 4.74 Å². The molecule has 1 saturated heterocycles. The third kappa shape index (κ3) is 3.07. The number of para-hydroxylation sites is 1. The van der Waals surface area contributed by atoms with Crippen molar-refractivity contribution >= 4 is 5.69 Å². The van der Waals surface area contributed by atoms with Crippen molar-refractivity contribution in [1.82, 2.24) is 14.5 Å². The predicted octanol–water partition coefficient (Wildman–Crippen LogP) is 0.826. The second kappa shape index (κ2) is 6.04. The predicted molar refractivity (Wildman–Crippen MR) is 88.0 cm³/mol. The van der Waals surface area contributed by atoms with Gasteiger partial charge in [-0.15, -0.1) is 0 Å². The first kappa shape index (κ1) is 14.3. The summed E-state index contributed by atoms with van der Waals surface area (Å²) in [6.07, 6.45) is 1.84. The van der Waals surface area contributed by atoms with Gasteiger partial charge in [0.2, 0.25) is 0 Å². The van der Waals surface area contributed by atoms with Gasteiger partial charge in [0.05, 0.1) is 6.54 Å². The number of fused-ring (bicyclic) bond motifs is 1. The van der Waals surface area contributed by atoms with Crippen LogP contribution in [0.2, 0.25) is 0 Å². The molecule has 23 heavy (non-hydrogen) atoms. The zero-order valence-corrected chi connectivity index (χ0v) is 13.0. The lowest BCUT2D eigenvalue weighted by Gasteiger charge is -2.36. The van der Waals surface area contributed by atoms with Crippen molar-refractivity contribution in [1.29, 1.82) is 0 Å². The lowest BCUT2D eigenvalue weighted by Crippen LogP contribution is -2.49. The normalized spacial score (nSPS) is 21.0. The monoisotopic (exact) mass is 312 g/mol. The van der Waals surface area contributed by atoms with Crippen LogP contribution in [-0.2, 0) is 6.54 Å². The zero-order valence-electron chi connectivity index (χ0n) is 13.0. The molecule has 0 bridgehead atoms. The Balaban J connectivity index is 1.32. The molecule has 6 heteroatoms. The van der Waals surface area contributed by atoms with Gasteiger partial charge >= 0.3 is 0 Å². The molecule has 1 unspecified atom stereocenters. The summed E-state index contributed by atoms with van der Waals surface area (Å²) in [4.78, 5) is 20.0. The van der Waals surface area contributed by atoms with E-state index in [1.807, 2.05) is 10.6 Å². The maximum absolute atomic E-state index is 11.3. The van der Waals surface area contributed by atoms with Crippen LogP contribution in [0.1, 0.15) is 0 Å². The highest BCUT2D eigenvalue weighted by molar-refractivity contribution is 5.46. The molecule has 1 atom stereocenters. The van der Waals surface area contributed by atoms with Gasteiger partial charge in [0.25, 0.3) is 11.6 Å². The molecule has 1 fully saturated rings. The zero-order chi connectivity index (χ0) is 15.6. The van der Waals surface area contributed by atoms with Crippen molar-refractivity contribution in [3.05, 3.63) is 52.9 Å². The van der Waals surface area contributed by atoms with E-state index in [0.717, 1.165) is 39.3 Å². The molecular weight excluding hydrogens is 292 g/mol. The molecule has 1 aromatic heterocycles. The summed E-state index contributed by atoms with van der Waals surface area (Å²) < 4.78 is 7.71. The highest BCUT2D eigenvalue weighted by Crippen LogP contribution is 2.19. The molecule has 0 aliphatic carbocycles. The second-order valence-electron chi connectivity index (χ2n) is 6.06. The number of benzene rings is 1. The molecule has 0 radical (unpaired) electrons. The van der Waals surface area contributed by atoms with Crippen LogP contribution in [0.3, 0.4) is 0 Å². The third-order valence-corrected chi connectivity index (χ3v) is 4.48. The van der Waals surface area contributed by atoms with Crippen LogP contribution < -0.4 is 15.2 Å². The van der Waals surface area contributed by atoms with E-state index in [1.165, 1.54) is 11.8 Å². The standard InChI is InChI=1S/C17H20N4O2/c22-16-6-7-21-13-15(23-17(21)18-16)12-19-8-10-20(11-9-19)14-4-2-1-3-5-14/h1-7,15H,8-13H2. The molecule has 4 rings (SSSR count). The van der Waals surface area contributed by atoms with Gasteiger partial charge in [0.15, 0.2) is 0 Å². The number of aromatic nitrogens is 2. The molecule has 2 aliphatic heterocycles. The summed E-state index contributed by atoms with van der Waals surface area (Å²) in [7, 11) is 0. The summed E-state index contributed by atoms with van der Waals surface area (Å²) in [5, 5.41) is 0. The van der Waals surface area contributed by atoms with Crippen LogP contribution in [-0.4, -0.2) is 53.3 Å². The maximum atomic E-state index is 11.3. The van der Waals surface area contributed by atoms with Crippen LogP contribution in [0, 0.1) is 0 Å². The van der Waals surface area contributed by atoms with Crippen molar-refractivity contribution in [2.45, 2.75) is 12.6 Å². The van der Waals surface area contributed by atoms with Gasteiger partial charge in [-0.1, -0.05) is 18.2 Å².